The van der Waals surface area contributed by atoms with Gasteiger partial charge in [-0.05, 0) is 83.5 Å². The number of allylic oxidation sites excluding steroid dienone is 12. The van der Waals surface area contributed by atoms with Crippen LogP contribution in [0.5, 0.6) is 0 Å². The molecule has 1 rings (SSSR count). The molecule has 430 valence electrons. The van der Waals surface area contributed by atoms with Crippen LogP contribution in [0.25, 0.3) is 0 Å². The van der Waals surface area contributed by atoms with Crippen molar-refractivity contribution in [3.05, 3.63) is 72.9 Å². The lowest BCUT2D eigenvalue weighted by Gasteiger charge is -2.40. The first kappa shape index (κ1) is 69.2. The summed E-state index contributed by atoms with van der Waals surface area (Å²) >= 11 is 0. The Labute approximate surface area is 455 Å². The van der Waals surface area contributed by atoms with Crippen LogP contribution in [-0.4, -0.2) is 89.2 Å². The lowest BCUT2D eigenvalue weighted by atomic mass is 9.98. The molecule has 6 atom stereocenters. The second kappa shape index (κ2) is 50.9. The molecule has 0 aliphatic carbocycles. The fraction of sp³-hybridized carbons (Fsp3) is 0.746. The fourth-order valence-electron chi connectivity index (χ4n) is 8.69. The van der Waals surface area contributed by atoms with Crippen LogP contribution in [0.3, 0.4) is 0 Å². The Balaban J connectivity index is 2.70. The van der Waals surface area contributed by atoms with Crippen LogP contribution in [0.4, 0.5) is 0 Å². The van der Waals surface area contributed by atoms with Gasteiger partial charge >= 0.3 is 23.9 Å². The summed E-state index contributed by atoms with van der Waals surface area (Å²) in [6.07, 6.45) is 51.5. The molecule has 1 aliphatic heterocycles. The highest BCUT2D eigenvalue weighted by Gasteiger charge is 2.50. The minimum atomic E-state index is -1.91. The number of hydrogen-bond acceptors (Lipinski definition) is 11. The highest BCUT2D eigenvalue weighted by molar-refractivity contribution is 5.74. The number of unbranched alkanes of at least 4 members (excludes halogenated alkanes) is 24. The molecule has 12 nitrogen and oxygen atoms in total. The van der Waals surface area contributed by atoms with Crippen LogP contribution in [0, 0.1) is 0 Å². The van der Waals surface area contributed by atoms with Gasteiger partial charge in [0, 0.05) is 19.3 Å². The smallest absolute Gasteiger partial charge is 0.335 e. The van der Waals surface area contributed by atoms with Crippen molar-refractivity contribution in [2.75, 3.05) is 13.2 Å². The second-order valence-electron chi connectivity index (χ2n) is 20.3. The molecule has 0 radical (unpaired) electrons. The number of aliphatic hydroxyl groups is 2. The van der Waals surface area contributed by atoms with E-state index in [-0.39, 0.29) is 25.9 Å². The minimum Gasteiger partial charge on any atom is -0.479 e. The zero-order valence-corrected chi connectivity index (χ0v) is 47.3. The highest BCUT2D eigenvalue weighted by atomic mass is 16.7. The van der Waals surface area contributed by atoms with Gasteiger partial charge in [0.05, 0.1) is 6.61 Å². The summed E-state index contributed by atoms with van der Waals surface area (Å²) in [6, 6.07) is 0. The van der Waals surface area contributed by atoms with Crippen LogP contribution in [-0.2, 0) is 42.9 Å². The van der Waals surface area contributed by atoms with E-state index in [1.54, 1.807) is 0 Å². The van der Waals surface area contributed by atoms with Gasteiger partial charge in [0.25, 0.3) is 0 Å². The van der Waals surface area contributed by atoms with E-state index in [4.69, 9.17) is 23.7 Å². The molecule has 3 N–H and O–H groups in total. The maximum atomic E-state index is 13.1. The van der Waals surface area contributed by atoms with E-state index in [1.165, 1.54) is 64.2 Å². The molecule has 0 spiro atoms. The van der Waals surface area contributed by atoms with Gasteiger partial charge in [0.2, 0.25) is 0 Å². The van der Waals surface area contributed by atoms with Crippen molar-refractivity contribution in [2.24, 2.45) is 0 Å². The lowest BCUT2D eigenvalue weighted by molar-refractivity contribution is -0.301. The summed E-state index contributed by atoms with van der Waals surface area (Å²) in [4.78, 5) is 51.1. The molecule has 0 saturated carbocycles. The Morgan fingerprint density at radius 3 is 1.33 bits per heavy atom. The second-order valence-corrected chi connectivity index (χ2v) is 20.3. The molecule has 0 amide bonds. The van der Waals surface area contributed by atoms with E-state index in [2.05, 4.69) is 93.7 Å². The van der Waals surface area contributed by atoms with Gasteiger partial charge in [0.15, 0.2) is 24.6 Å². The maximum absolute atomic E-state index is 13.1. The number of esters is 3. The van der Waals surface area contributed by atoms with Crippen molar-refractivity contribution in [3.63, 3.8) is 0 Å². The first-order valence-electron chi connectivity index (χ1n) is 29.9. The molecule has 75 heavy (non-hydrogen) atoms. The molecule has 0 aromatic heterocycles. The molecule has 0 aromatic rings. The van der Waals surface area contributed by atoms with Crippen LogP contribution in [0.15, 0.2) is 72.9 Å². The molecule has 1 saturated heterocycles. The maximum Gasteiger partial charge on any atom is 0.335 e. The monoisotopic (exact) mass is 1050 g/mol. The van der Waals surface area contributed by atoms with Gasteiger partial charge in [-0.1, -0.05) is 222 Å². The van der Waals surface area contributed by atoms with Gasteiger partial charge in [-0.15, -0.1) is 0 Å². The number of carbonyl (C=O) groups is 4. The van der Waals surface area contributed by atoms with Crippen molar-refractivity contribution in [1.82, 2.24) is 0 Å². The van der Waals surface area contributed by atoms with Crippen molar-refractivity contribution in [3.8, 4) is 0 Å². The predicted octanol–water partition coefficient (Wildman–Crippen LogP) is 15.3. The topological polar surface area (TPSA) is 175 Å². The van der Waals surface area contributed by atoms with Crippen molar-refractivity contribution in [2.45, 2.75) is 289 Å². The third kappa shape index (κ3) is 41.0. The van der Waals surface area contributed by atoms with E-state index in [9.17, 15) is 34.5 Å². The molecule has 0 bridgehead atoms. The van der Waals surface area contributed by atoms with E-state index in [1.807, 2.05) is 0 Å². The summed E-state index contributed by atoms with van der Waals surface area (Å²) in [7, 11) is 0. The number of carbonyl (C=O) groups excluding carboxylic acids is 3. The predicted molar refractivity (Wildman–Crippen MR) is 303 cm³/mol. The SMILES string of the molecule is CC/C=C\C/C=C\C/C=C\C/C=C\CCCCCCC(=O)OCC(COC1OC(C(=O)O)C(O)C(O)C1OC(=O)CCCCCCCCCCCCCCCCC)OC(=O)CCCCCCC/C=C\C/C=C\CCC. The average molecular weight is 1060 g/mol. The van der Waals surface area contributed by atoms with Crippen LogP contribution in [0.2, 0.25) is 0 Å². The molecule has 0 aromatic carbocycles. The third-order valence-corrected chi connectivity index (χ3v) is 13.2. The first-order valence-corrected chi connectivity index (χ1v) is 29.9. The summed E-state index contributed by atoms with van der Waals surface area (Å²) in [5.41, 5.74) is 0. The van der Waals surface area contributed by atoms with Gasteiger partial charge in [-0.25, -0.2) is 4.79 Å². The third-order valence-electron chi connectivity index (χ3n) is 13.2. The zero-order valence-electron chi connectivity index (χ0n) is 47.3. The Hall–Kier alpha value is -3.84. The largest absolute Gasteiger partial charge is 0.479 e. The van der Waals surface area contributed by atoms with Gasteiger partial charge in [0.1, 0.15) is 18.8 Å². The molecule has 6 unspecified atom stereocenters. The van der Waals surface area contributed by atoms with Gasteiger partial charge in [-0.2, -0.15) is 0 Å². The molecular formula is C63H106O12. The van der Waals surface area contributed by atoms with Gasteiger partial charge in [-0.3, -0.25) is 14.4 Å². The normalized spacial score (nSPS) is 18.7. The van der Waals surface area contributed by atoms with E-state index < -0.39 is 67.3 Å². The Bertz CT molecular complexity index is 1580. The molecule has 1 fully saturated rings. The van der Waals surface area contributed by atoms with Gasteiger partial charge < -0.3 is 39.0 Å². The fourth-order valence-corrected chi connectivity index (χ4v) is 8.69. The summed E-state index contributed by atoms with van der Waals surface area (Å²) in [5.74, 6) is -3.16. The summed E-state index contributed by atoms with van der Waals surface area (Å²) < 4.78 is 28.4. The Kier molecular flexibility index (Phi) is 47.0. The number of aliphatic hydroxyl groups excluding tert-OH is 2. The van der Waals surface area contributed by atoms with E-state index in [0.717, 1.165) is 128 Å². The molecule has 12 heteroatoms. The highest BCUT2D eigenvalue weighted by Crippen LogP contribution is 2.26. The number of carboxylic acid groups (broad SMARTS) is 1. The lowest BCUT2D eigenvalue weighted by Crippen LogP contribution is -2.61. The number of ether oxygens (including phenoxy) is 5. The Morgan fingerprint density at radius 2 is 0.867 bits per heavy atom. The zero-order chi connectivity index (χ0) is 54.7. The minimum absolute atomic E-state index is 0.0577. The van der Waals surface area contributed by atoms with Crippen molar-refractivity contribution >= 4 is 23.9 Å². The number of rotatable bonds is 50. The molecular weight excluding hydrogens is 949 g/mol. The summed E-state index contributed by atoms with van der Waals surface area (Å²) in [5, 5.41) is 31.5. The van der Waals surface area contributed by atoms with Crippen molar-refractivity contribution in [1.29, 1.82) is 0 Å². The van der Waals surface area contributed by atoms with E-state index in [0.29, 0.717) is 19.3 Å². The van der Waals surface area contributed by atoms with Crippen LogP contribution in [0.1, 0.15) is 252 Å². The van der Waals surface area contributed by atoms with Crippen LogP contribution >= 0.6 is 0 Å². The standard InChI is InChI=1S/C63H106O12/c1-4-7-10-13-16-19-22-25-27-28-30-32-34-37-40-43-46-49-55(64)71-52-54(73-56(65)50-47-44-41-38-35-31-24-21-18-15-12-9-6-3)53-72-63-61(59(68)58(67)60(75-63)62(69)70)74-57(66)51-48-45-42-39-36-33-29-26-23-20-17-14-11-8-5-2/h7,10,12,15-16,19,21,24-25,27,30,32,54,58-61,63,67-68H,4-6,8-9,11,13-14,17-18,20,22-23,26,28-29,31,33-53H2,1-3H3,(H,69,70)/b10-7-,15-12-,19-16-,24-21-,27-25-,32-30-. The Morgan fingerprint density at radius 1 is 0.453 bits per heavy atom. The number of carboxylic acids is 1. The first-order chi connectivity index (χ1) is 36.6. The number of aliphatic carboxylic acids is 1. The quantitative estimate of drug-likeness (QED) is 0.0228. The average Bonchev–Trinajstić information content (AvgIpc) is 3.39. The van der Waals surface area contributed by atoms with E-state index >= 15 is 0 Å². The number of hydrogen-bond donors (Lipinski definition) is 3. The van der Waals surface area contributed by atoms with Crippen molar-refractivity contribution < 1.29 is 58.2 Å². The molecule has 1 heterocycles. The summed E-state index contributed by atoms with van der Waals surface area (Å²) in [6.45, 7) is 5.79. The molecule has 1 aliphatic rings. The van der Waals surface area contributed by atoms with Crippen LogP contribution < -0.4 is 0 Å².